The molecule has 0 aliphatic heterocycles. The van der Waals surface area contributed by atoms with Crippen molar-refractivity contribution >= 4 is 9.84 Å². The van der Waals surface area contributed by atoms with E-state index in [2.05, 4.69) is 20.8 Å². The Kier molecular flexibility index (Phi) is 6.41. The van der Waals surface area contributed by atoms with Crippen molar-refractivity contribution in [1.82, 2.24) is 0 Å². The first-order chi connectivity index (χ1) is 11.6. The fraction of sp³-hybridized carbons (Fsp3) is 0.700. The van der Waals surface area contributed by atoms with E-state index in [0.717, 1.165) is 18.4 Å². The summed E-state index contributed by atoms with van der Waals surface area (Å²) in [5, 5.41) is 21.2. The topological polar surface area (TPSA) is 74.6 Å². The second-order valence-electron chi connectivity index (χ2n) is 8.21. The average Bonchev–Trinajstić information content (AvgIpc) is 2.44. The number of phenolic OH excluding ortho intramolecular Hbond substituents is 2. The molecule has 1 aromatic carbocycles. The summed E-state index contributed by atoms with van der Waals surface area (Å²) in [6.45, 7) is 6.65. The van der Waals surface area contributed by atoms with Crippen LogP contribution in [0.1, 0.15) is 63.5 Å². The Hall–Kier alpha value is -1.23. The van der Waals surface area contributed by atoms with E-state index in [1.54, 1.807) is 12.1 Å². The lowest BCUT2D eigenvalue weighted by Crippen LogP contribution is -2.26. The fourth-order valence-electron chi connectivity index (χ4n) is 4.28. The molecule has 1 aliphatic rings. The smallest absolute Gasteiger partial charge is 0.147 e. The monoisotopic (exact) mass is 368 g/mol. The number of benzene rings is 1. The zero-order valence-corrected chi connectivity index (χ0v) is 16.6. The minimum absolute atomic E-state index is 0.117. The summed E-state index contributed by atoms with van der Waals surface area (Å²) in [6, 6.07) is 3.40. The van der Waals surface area contributed by atoms with Crippen molar-refractivity contribution in [3.05, 3.63) is 23.3 Å². The highest BCUT2D eigenvalue weighted by Crippen LogP contribution is 2.49. The summed E-state index contributed by atoms with van der Waals surface area (Å²) in [4.78, 5) is 0. The third-order valence-corrected chi connectivity index (χ3v) is 6.60. The minimum Gasteiger partial charge on any atom is -0.508 e. The van der Waals surface area contributed by atoms with Gasteiger partial charge in [-0.15, -0.1) is 0 Å². The van der Waals surface area contributed by atoms with Gasteiger partial charge in [0.1, 0.15) is 21.3 Å². The first kappa shape index (κ1) is 20.1. The van der Waals surface area contributed by atoms with Crippen LogP contribution in [-0.4, -0.2) is 30.6 Å². The highest BCUT2D eigenvalue weighted by molar-refractivity contribution is 7.90. The van der Waals surface area contributed by atoms with Gasteiger partial charge in [-0.3, -0.25) is 0 Å². The van der Waals surface area contributed by atoms with Crippen LogP contribution in [0, 0.1) is 17.8 Å². The van der Waals surface area contributed by atoms with Crippen molar-refractivity contribution in [2.75, 3.05) is 12.0 Å². The van der Waals surface area contributed by atoms with Crippen molar-refractivity contribution in [2.45, 2.75) is 58.8 Å². The van der Waals surface area contributed by atoms with Crippen molar-refractivity contribution in [1.29, 1.82) is 0 Å². The van der Waals surface area contributed by atoms with Crippen LogP contribution in [0.2, 0.25) is 0 Å². The van der Waals surface area contributed by atoms with Gasteiger partial charge in [0.2, 0.25) is 0 Å². The molecule has 2 N–H and O–H groups in total. The zero-order valence-electron chi connectivity index (χ0n) is 15.8. The number of phenols is 2. The summed E-state index contributed by atoms with van der Waals surface area (Å²) < 4.78 is 22.5. The van der Waals surface area contributed by atoms with Gasteiger partial charge in [-0.25, -0.2) is 8.42 Å². The normalized spacial score (nSPS) is 24.6. The maximum absolute atomic E-state index is 11.2. The molecule has 0 spiro atoms. The molecular weight excluding hydrogens is 336 g/mol. The molecule has 0 aromatic heterocycles. The second kappa shape index (κ2) is 7.98. The number of sulfone groups is 1. The number of aryl methyl sites for hydroxylation is 1. The van der Waals surface area contributed by atoms with Crippen LogP contribution in [0.5, 0.6) is 11.5 Å². The molecule has 1 aliphatic carbocycles. The maximum Gasteiger partial charge on any atom is 0.147 e. The van der Waals surface area contributed by atoms with E-state index < -0.39 is 9.84 Å². The van der Waals surface area contributed by atoms with Gasteiger partial charge in [0, 0.05) is 11.8 Å². The standard InChI is InChI=1S/C20H32O4S/c1-13(2)16-8-7-14(3)10-17(16)20-18(21)11-15(12-19(20)22)6-5-9-25(4,23)24/h11-14,16-17,21-22H,5-10H2,1-4H3/t14?,16-,17+/m0/s1. The average molecular weight is 369 g/mol. The summed E-state index contributed by atoms with van der Waals surface area (Å²) in [7, 11) is -2.99. The Morgan fingerprint density at radius 2 is 1.76 bits per heavy atom. The molecule has 0 saturated heterocycles. The van der Waals surface area contributed by atoms with E-state index in [0.29, 0.717) is 36.2 Å². The van der Waals surface area contributed by atoms with E-state index >= 15 is 0 Å². The largest absolute Gasteiger partial charge is 0.508 e. The zero-order chi connectivity index (χ0) is 18.8. The Balaban J connectivity index is 2.23. The molecule has 2 rings (SSSR count). The van der Waals surface area contributed by atoms with Gasteiger partial charge in [-0.05, 0) is 67.1 Å². The van der Waals surface area contributed by atoms with Crippen molar-refractivity contribution in [2.24, 2.45) is 17.8 Å². The van der Waals surface area contributed by atoms with Gasteiger partial charge in [0.05, 0.1) is 5.75 Å². The second-order valence-corrected chi connectivity index (χ2v) is 10.5. The molecule has 1 fully saturated rings. The quantitative estimate of drug-likeness (QED) is 0.787. The van der Waals surface area contributed by atoms with Crippen LogP contribution in [0.4, 0.5) is 0 Å². The fourth-order valence-corrected chi connectivity index (χ4v) is 4.95. The molecule has 1 saturated carbocycles. The first-order valence-electron chi connectivity index (χ1n) is 9.31. The molecule has 5 heteroatoms. The van der Waals surface area contributed by atoms with Crippen LogP contribution in [0.15, 0.2) is 12.1 Å². The molecule has 0 heterocycles. The molecule has 0 radical (unpaired) electrons. The van der Waals surface area contributed by atoms with Gasteiger partial charge in [0.15, 0.2) is 0 Å². The molecular formula is C20H32O4S. The number of hydrogen-bond acceptors (Lipinski definition) is 4. The SMILES string of the molecule is CC1CC[C@@H](C(C)C)[C@H](c2c(O)cc(CCCS(C)(=O)=O)cc2O)C1. The van der Waals surface area contributed by atoms with Gasteiger partial charge < -0.3 is 10.2 Å². The Morgan fingerprint density at radius 3 is 2.28 bits per heavy atom. The number of hydrogen-bond donors (Lipinski definition) is 2. The number of rotatable bonds is 6. The van der Waals surface area contributed by atoms with Crippen LogP contribution in [-0.2, 0) is 16.3 Å². The van der Waals surface area contributed by atoms with Gasteiger partial charge in [-0.1, -0.05) is 27.2 Å². The molecule has 3 atom stereocenters. The summed E-state index contributed by atoms with van der Waals surface area (Å²) in [5.41, 5.74) is 1.46. The van der Waals surface area contributed by atoms with Gasteiger partial charge >= 0.3 is 0 Å². The van der Waals surface area contributed by atoms with E-state index in [9.17, 15) is 18.6 Å². The van der Waals surface area contributed by atoms with E-state index in [1.807, 2.05) is 0 Å². The van der Waals surface area contributed by atoms with Crippen LogP contribution < -0.4 is 0 Å². The predicted molar refractivity (Wildman–Crippen MR) is 102 cm³/mol. The minimum atomic E-state index is -2.99. The van der Waals surface area contributed by atoms with Crippen LogP contribution in [0.25, 0.3) is 0 Å². The van der Waals surface area contributed by atoms with E-state index in [1.165, 1.54) is 12.7 Å². The third-order valence-electron chi connectivity index (χ3n) is 5.57. The molecule has 142 valence electrons. The summed E-state index contributed by atoms with van der Waals surface area (Å²) >= 11 is 0. The van der Waals surface area contributed by atoms with Gasteiger partial charge in [0.25, 0.3) is 0 Å². The lowest BCUT2D eigenvalue weighted by atomic mass is 9.67. The Bertz CT molecular complexity index is 671. The summed E-state index contributed by atoms with van der Waals surface area (Å²) in [5.74, 6) is 2.15. The third kappa shape index (κ3) is 5.37. The van der Waals surface area contributed by atoms with Crippen molar-refractivity contribution in [3.8, 4) is 11.5 Å². The van der Waals surface area contributed by atoms with E-state index in [4.69, 9.17) is 0 Å². The van der Waals surface area contributed by atoms with Crippen LogP contribution >= 0.6 is 0 Å². The maximum atomic E-state index is 11.2. The van der Waals surface area contributed by atoms with Crippen molar-refractivity contribution < 1.29 is 18.6 Å². The number of aromatic hydroxyl groups is 2. The predicted octanol–water partition coefficient (Wildman–Crippen LogP) is 4.25. The Labute approximate surface area is 152 Å². The first-order valence-corrected chi connectivity index (χ1v) is 11.4. The molecule has 25 heavy (non-hydrogen) atoms. The highest BCUT2D eigenvalue weighted by Gasteiger charge is 2.34. The highest BCUT2D eigenvalue weighted by atomic mass is 32.2. The summed E-state index contributed by atoms with van der Waals surface area (Å²) in [6.07, 6.45) is 5.55. The molecule has 0 amide bonds. The van der Waals surface area contributed by atoms with E-state index in [-0.39, 0.29) is 23.2 Å². The molecule has 4 nitrogen and oxygen atoms in total. The molecule has 1 unspecified atom stereocenters. The Morgan fingerprint density at radius 1 is 1.16 bits per heavy atom. The van der Waals surface area contributed by atoms with Crippen molar-refractivity contribution in [3.63, 3.8) is 0 Å². The molecule has 0 bridgehead atoms. The lowest BCUT2D eigenvalue weighted by molar-refractivity contribution is 0.192. The molecule has 1 aromatic rings. The van der Waals surface area contributed by atoms with Crippen LogP contribution in [0.3, 0.4) is 0 Å². The lowest BCUT2D eigenvalue weighted by Gasteiger charge is -2.38. The van der Waals surface area contributed by atoms with Gasteiger partial charge in [-0.2, -0.15) is 0 Å².